The molecule has 2 aliphatic rings. The molecule has 0 unspecified atom stereocenters. The van der Waals surface area contributed by atoms with E-state index in [1.54, 1.807) is 24.3 Å². The number of carbonyl (C=O) groups excluding carboxylic acids is 1. The van der Waals surface area contributed by atoms with Crippen molar-refractivity contribution in [3.63, 3.8) is 0 Å². The molecule has 5 rings (SSSR count). The van der Waals surface area contributed by atoms with Crippen LogP contribution in [0.4, 0.5) is 11.4 Å². The van der Waals surface area contributed by atoms with Crippen molar-refractivity contribution in [2.45, 2.75) is 31.8 Å². The van der Waals surface area contributed by atoms with E-state index in [-0.39, 0.29) is 11.4 Å². The molecular formula is C24H22N2O3. The first-order chi connectivity index (χ1) is 13.7. The number of anilines is 2. The predicted octanol–water partition coefficient (Wildman–Crippen LogP) is 4.72. The van der Waals surface area contributed by atoms with Crippen molar-refractivity contribution in [3.8, 4) is 11.5 Å². The van der Waals surface area contributed by atoms with Gasteiger partial charge in [0.2, 0.25) is 0 Å². The van der Waals surface area contributed by atoms with Crippen molar-refractivity contribution in [2.75, 3.05) is 11.5 Å². The molecule has 0 aliphatic carbocycles. The number of nitrogens with two attached hydrogens (primary N) is 2. The van der Waals surface area contributed by atoms with E-state index in [0.717, 1.165) is 22.3 Å². The Labute approximate surface area is 169 Å². The summed E-state index contributed by atoms with van der Waals surface area (Å²) in [7, 11) is 0. The van der Waals surface area contributed by atoms with Gasteiger partial charge in [0.05, 0.1) is 5.56 Å². The van der Waals surface area contributed by atoms with Crippen molar-refractivity contribution in [2.24, 2.45) is 0 Å². The van der Waals surface area contributed by atoms with Crippen LogP contribution in [0.2, 0.25) is 0 Å². The van der Waals surface area contributed by atoms with Crippen molar-refractivity contribution < 1.29 is 14.3 Å². The van der Waals surface area contributed by atoms with Gasteiger partial charge in [-0.1, -0.05) is 32.9 Å². The standard InChI is InChI=1S/C24H22N2O3/c1-23(2,3)13-4-7-17-16(10-13)22(27)29-24(17)18-8-5-14(25)11-20(18)28-21-12-15(26)6-9-19(21)24/h4-12H,25-26H2,1-3H3. The average molecular weight is 386 g/mol. The molecule has 4 N–H and O–H groups in total. The third-order valence-corrected chi connectivity index (χ3v) is 5.72. The zero-order valence-corrected chi connectivity index (χ0v) is 16.6. The highest BCUT2D eigenvalue weighted by molar-refractivity contribution is 5.97. The summed E-state index contributed by atoms with van der Waals surface area (Å²) in [5.41, 5.74) is 15.9. The summed E-state index contributed by atoms with van der Waals surface area (Å²) >= 11 is 0. The maximum Gasteiger partial charge on any atom is 0.340 e. The first-order valence-corrected chi connectivity index (χ1v) is 9.56. The highest BCUT2D eigenvalue weighted by Gasteiger charge is 2.53. The van der Waals surface area contributed by atoms with Crippen LogP contribution in [0.15, 0.2) is 54.6 Å². The summed E-state index contributed by atoms with van der Waals surface area (Å²) < 4.78 is 12.3. The van der Waals surface area contributed by atoms with Gasteiger partial charge in [-0.05, 0) is 41.3 Å². The molecule has 0 saturated carbocycles. The predicted molar refractivity (Wildman–Crippen MR) is 112 cm³/mol. The molecule has 3 aromatic rings. The van der Waals surface area contributed by atoms with E-state index in [4.69, 9.17) is 20.9 Å². The van der Waals surface area contributed by atoms with E-state index in [9.17, 15) is 4.79 Å². The van der Waals surface area contributed by atoms with Gasteiger partial charge in [-0.3, -0.25) is 0 Å². The minimum atomic E-state index is -1.09. The van der Waals surface area contributed by atoms with Gasteiger partial charge in [-0.2, -0.15) is 0 Å². The lowest BCUT2D eigenvalue weighted by Gasteiger charge is -2.36. The number of esters is 1. The summed E-state index contributed by atoms with van der Waals surface area (Å²) in [5.74, 6) is 0.769. The third kappa shape index (κ3) is 2.37. The Bertz CT molecular complexity index is 1140. The SMILES string of the molecule is CC(C)(C)c1ccc2c(c1)C(=O)OC21c2ccc(N)cc2Oc2cc(N)ccc21. The second-order valence-corrected chi connectivity index (χ2v) is 8.69. The van der Waals surface area contributed by atoms with Crippen LogP contribution in [0.25, 0.3) is 0 Å². The molecule has 0 fully saturated rings. The number of benzene rings is 3. The first-order valence-electron chi connectivity index (χ1n) is 9.56. The van der Waals surface area contributed by atoms with Gasteiger partial charge in [-0.15, -0.1) is 0 Å². The maximum atomic E-state index is 13.1. The summed E-state index contributed by atoms with van der Waals surface area (Å²) in [5, 5.41) is 0. The van der Waals surface area contributed by atoms with Crippen molar-refractivity contribution in [1.82, 2.24) is 0 Å². The van der Waals surface area contributed by atoms with E-state index < -0.39 is 5.60 Å². The van der Waals surface area contributed by atoms with Crippen molar-refractivity contribution in [1.29, 1.82) is 0 Å². The minimum Gasteiger partial charge on any atom is -0.456 e. The Kier molecular flexibility index (Phi) is 3.36. The van der Waals surface area contributed by atoms with Crippen LogP contribution in [0.3, 0.4) is 0 Å². The summed E-state index contributed by atoms with van der Waals surface area (Å²) in [4.78, 5) is 13.1. The molecule has 5 nitrogen and oxygen atoms in total. The fourth-order valence-corrected chi connectivity index (χ4v) is 4.23. The van der Waals surface area contributed by atoms with E-state index in [0.29, 0.717) is 28.4 Å². The third-order valence-electron chi connectivity index (χ3n) is 5.72. The highest BCUT2D eigenvalue weighted by Crippen LogP contribution is 2.56. The number of hydrogen-bond donors (Lipinski definition) is 2. The number of fused-ring (bicyclic) bond motifs is 6. The van der Waals surface area contributed by atoms with E-state index in [1.165, 1.54) is 0 Å². The molecule has 146 valence electrons. The van der Waals surface area contributed by atoms with Gasteiger partial charge >= 0.3 is 5.97 Å². The van der Waals surface area contributed by atoms with Crippen LogP contribution < -0.4 is 16.2 Å². The number of nitrogen functional groups attached to an aromatic ring is 2. The molecule has 0 saturated heterocycles. The van der Waals surface area contributed by atoms with E-state index in [2.05, 4.69) is 26.8 Å². The lowest BCUT2D eigenvalue weighted by Crippen LogP contribution is -2.33. The monoisotopic (exact) mass is 386 g/mol. The molecule has 1 spiro atoms. The molecule has 0 bridgehead atoms. The fraction of sp³-hybridized carbons (Fsp3) is 0.208. The molecule has 3 aromatic carbocycles. The van der Waals surface area contributed by atoms with Crippen molar-refractivity contribution >= 4 is 17.3 Å². The topological polar surface area (TPSA) is 87.6 Å². The van der Waals surface area contributed by atoms with Gasteiger partial charge in [0, 0.05) is 40.2 Å². The Balaban J connectivity index is 1.84. The quantitative estimate of drug-likeness (QED) is 0.431. The van der Waals surface area contributed by atoms with Crippen LogP contribution >= 0.6 is 0 Å². The van der Waals surface area contributed by atoms with Gasteiger partial charge in [0.15, 0.2) is 5.60 Å². The smallest absolute Gasteiger partial charge is 0.340 e. The molecular weight excluding hydrogens is 364 g/mol. The second kappa shape index (κ2) is 5.54. The fourth-order valence-electron chi connectivity index (χ4n) is 4.23. The zero-order valence-electron chi connectivity index (χ0n) is 16.6. The number of hydrogen-bond acceptors (Lipinski definition) is 5. The minimum absolute atomic E-state index is 0.0839. The second-order valence-electron chi connectivity index (χ2n) is 8.69. The van der Waals surface area contributed by atoms with E-state index in [1.807, 2.05) is 24.3 Å². The largest absolute Gasteiger partial charge is 0.456 e. The Morgan fingerprint density at radius 2 is 1.34 bits per heavy atom. The number of carbonyl (C=O) groups is 1. The zero-order chi connectivity index (χ0) is 20.6. The van der Waals surface area contributed by atoms with Gasteiger partial charge in [0.25, 0.3) is 0 Å². The van der Waals surface area contributed by atoms with Gasteiger partial charge in [-0.25, -0.2) is 4.79 Å². The first kappa shape index (κ1) is 17.6. The molecule has 5 heteroatoms. The lowest BCUT2D eigenvalue weighted by molar-refractivity contribution is 0.0224. The molecule has 29 heavy (non-hydrogen) atoms. The summed E-state index contributed by atoms with van der Waals surface area (Å²) in [6.07, 6.45) is 0. The van der Waals surface area contributed by atoms with Crippen molar-refractivity contribution in [3.05, 3.63) is 82.4 Å². The van der Waals surface area contributed by atoms with Crippen LogP contribution in [0, 0.1) is 0 Å². The Morgan fingerprint density at radius 3 is 1.90 bits per heavy atom. The van der Waals surface area contributed by atoms with Gasteiger partial charge in [0.1, 0.15) is 11.5 Å². The molecule has 0 amide bonds. The van der Waals surface area contributed by atoms with Gasteiger partial charge < -0.3 is 20.9 Å². The van der Waals surface area contributed by atoms with E-state index >= 15 is 0 Å². The Morgan fingerprint density at radius 1 is 0.793 bits per heavy atom. The van der Waals surface area contributed by atoms with Crippen LogP contribution in [-0.4, -0.2) is 5.97 Å². The molecule has 0 aromatic heterocycles. The molecule has 2 aliphatic heterocycles. The average Bonchev–Trinajstić information content (AvgIpc) is 2.93. The van der Waals surface area contributed by atoms with Crippen LogP contribution in [0.1, 0.15) is 53.4 Å². The normalized spacial score (nSPS) is 15.9. The highest BCUT2D eigenvalue weighted by atomic mass is 16.6. The summed E-state index contributed by atoms with van der Waals surface area (Å²) in [6.45, 7) is 6.36. The lowest BCUT2D eigenvalue weighted by atomic mass is 9.76. The Hall–Kier alpha value is -3.47. The van der Waals surface area contributed by atoms with Crippen LogP contribution in [-0.2, 0) is 15.8 Å². The number of rotatable bonds is 0. The molecule has 2 heterocycles. The number of ether oxygens (including phenoxy) is 2. The maximum absolute atomic E-state index is 13.1. The van der Waals surface area contributed by atoms with Crippen LogP contribution in [0.5, 0.6) is 11.5 Å². The molecule has 0 atom stereocenters. The molecule has 0 radical (unpaired) electrons. The summed E-state index contributed by atoms with van der Waals surface area (Å²) in [6, 6.07) is 16.8.